The summed E-state index contributed by atoms with van der Waals surface area (Å²) in [5, 5.41) is 11.2. The summed E-state index contributed by atoms with van der Waals surface area (Å²) >= 11 is 0. The molecule has 0 aliphatic rings. The van der Waals surface area contributed by atoms with Gasteiger partial charge < -0.3 is 21.3 Å². The highest BCUT2D eigenvalue weighted by molar-refractivity contribution is 5.93. The number of rotatable bonds is 14. The molecule has 2 atom stereocenters. The SMILES string of the molecule is CC(C)NCC(=O)N[C@@H](Cc1ccccc1)C(=O)NCC(=O)N[C@@H](Cc1ccccc1)C(=O)C(C)C. The van der Waals surface area contributed by atoms with Crippen molar-refractivity contribution in [2.45, 2.75) is 58.7 Å². The minimum atomic E-state index is -0.848. The Labute approximate surface area is 213 Å². The first-order valence-electron chi connectivity index (χ1n) is 12.4. The average Bonchev–Trinajstić information content (AvgIpc) is 2.86. The quantitative estimate of drug-likeness (QED) is 0.320. The topological polar surface area (TPSA) is 116 Å². The summed E-state index contributed by atoms with van der Waals surface area (Å²) in [6.45, 7) is 7.21. The number of hydrogen-bond donors (Lipinski definition) is 4. The van der Waals surface area contributed by atoms with Crippen molar-refractivity contribution in [3.63, 3.8) is 0 Å². The Morgan fingerprint density at radius 3 is 1.64 bits per heavy atom. The number of Topliss-reactive ketones (excluding diaryl/α,β-unsaturated/α-hetero) is 1. The Morgan fingerprint density at radius 1 is 0.667 bits per heavy atom. The van der Waals surface area contributed by atoms with E-state index in [0.29, 0.717) is 6.42 Å². The number of nitrogens with one attached hydrogen (secondary N) is 4. The summed E-state index contributed by atoms with van der Waals surface area (Å²) < 4.78 is 0. The monoisotopic (exact) mass is 494 g/mol. The van der Waals surface area contributed by atoms with Crippen LogP contribution in [-0.2, 0) is 32.0 Å². The van der Waals surface area contributed by atoms with Crippen LogP contribution in [0.4, 0.5) is 0 Å². The van der Waals surface area contributed by atoms with Crippen molar-refractivity contribution >= 4 is 23.5 Å². The van der Waals surface area contributed by atoms with Gasteiger partial charge >= 0.3 is 0 Å². The van der Waals surface area contributed by atoms with Crippen LogP contribution in [-0.4, -0.2) is 54.7 Å². The van der Waals surface area contributed by atoms with E-state index in [0.717, 1.165) is 11.1 Å². The molecule has 194 valence electrons. The third kappa shape index (κ3) is 10.4. The lowest BCUT2D eigenvalue weighted by molar-refractivity contribution is -0.131. The van der Waals surface area contributed by atoms with Crippen LogP contribution in [0.5, 0.6) is 0 Å². The second-order valence-corrected chi connectivity index (χ2v) is 9.43. The molecule has 4 N–H and O–H groups in total. The predicted octanol–water partition coefficient (Wildman–Crippen LogP) is 1.78. The van der Waals surface area contributed by atoms with E-state index in [4.69, 9.17) is 0 Å². The van der Waals surface area contributed by atoms with Crippen molar-refractivity contribution in [1.29, 1.82) is 0 Å². The predicted molar refractivity (Wildman–Crippen MR) is 140 cm³/mol. The van der Waals surface area contributed by atoms with E-state index in [-0.39, 0.29) is 43.2 Å². The second-order valence-electron chi connectivity index (χ2n) is 9.43. The number of amides is 3. The van der Waals surface area contributed by atoms with Crippen LogP contribution in [0, 0.1) is 5.92 Å². The van der Waals surface area contributed by atoms with Gasteiger partial charge in [0.15, 0.2) is 5.78 Å². The van der Waals surface area contributed by atoms with Gasteiger partial charge in [-0.05, 0) is 17.5 Å². The van der Waals surface area contributed by atoms with Crippen molar-refractivity contribution in [3.05, 3.63) is 71.8 Å². The summed E-state index contributed by atoms with van der Waals surface area (Å²) in [6, 6.07) is 17.4. The molecule has 0 heterocycles. The molecule has 0 radical (unpaired) electrons. The maximum Gasteiger partial charge on any atom is 0.243 e. The van der Waals surface area contributed by atoms with Gasteiger partial charge in [-0.1, -0.05) is 88.4 Å². The normalized spacial score (nSPS) is 12.6. The van der Waals surface area contributed by atoms with Crippen LogP contribution in [0.1, 0.15) is 38.8 Å². The first-order valence-corrected chi connectivity index (χ1v) is 12.4. The molecular formula is C28H38N4O4. The summed E-state index contributed by atoms with van der Waals surface area (Å²) in [6.07, 6.45) is 0.650. The molecule has 0 aromatic heterocycles. The molecule has 3 amide bonds. The van der Waals surface area contributed by atoms with Gasteiger partial charge in [-0.3, -0.25) is 19.2 Å². The standard InChI is InChI=1S/C28H38N4O4/c1-19(2)27(35)23(15-21-11-7-5-8-12-21)31-26(34)18-30-28(36)24(16-22-13-9-6-10-14-22)32-25(33)17-29-20(3)4/h5-14,19-20,23-24,29H,15-18H2,1-4H3,(H,30,36)(H,31,34)(H,32,33)/t23-,24-/m0/s1. The number of ketones is 1. The third-order valence-electron chi connectivity index (χ3n) is 5.56. The molecule has 0 fully saturated rings. The van der Waals surface area contributed by atoms with Gasteiger partial charge in [0.05, 0.1) is 19.1 Å². The van der Waals surface area contributed by atoms with E-state index in [9.17, 15) is 19.2 Å². The van der Waals surface area contributed by atoms with E-state index in [2.05, 4.69) is 21.3 Å². The first kappa shape index (κ1) is 28.7. The van der Waals surface area contributed by atoms with Crippen LogP contribution in [0.25, 0.3) is 0 Å². The Bertz CT molecular complexity index is 993. The average molecular weight is 495 g/mol. The van der Waals surface area contributed by atoms with Gasteiger partial charge in [-0.15, -0.1) is 0 Å². The minimum Gasteiger partial charge on any atom is -0.345 e. The zero-order valence-electron chi connectivity index (χ0n) is 21.5. The van der Waals surface area contributed by atoms with E-state index in [1.54, 1.807) is 13.8 Å². The molecule has 0 aliphatic heterocycles. The zero-order valence-corrected chi connectivity index (χ0v) is 21.5. The molecule has 0 saturated heterocycles. The highest BCUT2D eigenvalue weighted by Gasteiger charge is 2.25. The largest absolute Gasteiger partial charge is 0.345 e. The van der Waals surface area contributed by atoms with E-state index < -0.39 is 23.9 Å². The highest BCUT2D eigenvalue weighted by Crippen LogP contribution is 2.08. The third-order valence-corrected chi connectivity index (χ3v) is 5.56. The fraction of sp³-hybridized carbons (Fsp3) is 0.429. The van der Waals surface area contributed by atoms with Crippen molar-refractivity contribution in [2.24, 2.45) is 5.92 Å². The lowest BCUT2D eigenvalue weighted by Crippen LogP contribution is -2.53. The number of benzene rings is 2. The van der Waals surface area contributed by atoms with E-state index in [1.165, 1.54) is 0 Å². The van der Waals surface area contributed by atoms with Crippen molar-refractivity contribution in [3.8, 4) is 0 Å². The Hall–Kier alpha value is -3.52. The van der Waals surface area contributed by atoms with E-state index >= 15 is 0 Å². The lowest BCUT2D eigenvalue weighted by Gasteiger charge is -2.21. The highest BCUT2D eigenvalue weighted by atomic mass is 16.2. The smallest absolute Gasteiger partial charge is 0.243 e. The number of hydrogen-bond acceptors (Lipinski definition) is 5. The van der Waals surface area contributed by atoms with E-state index in [1.807, 2.05) is 74.5 Å². The maximum atomic E-state index is 13.0. The first-order chi connectivity index (χ1) is 17.2. The minimum absolute atomic E-state index is 0.0783. The Kier molecular flexibility index (Phi) is 11.8. The van der Waals surface area contributed by atoms with Crippen LogP contribution < -0.4 is 21.3 Å². The molecule has 2 rings (SSSR count). The molecule has 0 aliphatic carbocycles. The molecule has 36 heavy (non-hydrogen) atoms. The molecule has 8 heteroatoms. The Morgan fingerprint density at radius 2 is 1.14 bits per heavy atom. The molecule has 0 spiro atoms. The fourth-order valence-electron chi connectivity index (χ4n) is 3.61. The number of carbonyl (C=O) groups excluding carboxylic acids is 4. The van der Waals surface area contributed by atoms with Crippen LogP contribution in [0.3, 0.4) is 0 Å². The summed E-state index contributed by atoms with van der Waals surface area (Å²) in [5.41, 5.74) is 1.81. The molecule has 0 saturated carbocycles. The molecular weight excluding hydrogens is 456 g/mol. The van der Waals surface area contributed by atoms with Gasteiger partial charge in [0.1, 0.15) is 6.04 Å². The van der Waals surface area contributed by atoms with Crippen LogP contribution in [0.2, 0.25) is 0 Å². The number of carbonyl (C=O) groups is 4. The van der Waals surface area contributed by atoms with Gasteiger partial charge in [-0.25, -0.2) is 0 Å². The molecule has 2 aromatic carbocycles. The van der Waals surface area contributed by atoms with Crippen LogP contribution in [0.15, 0.2) is 60.7 Å². The van der Waals surface area contributed by atoms with Gasteiger partial charge in [0, 0.05) is 18.4 Å². The molecule has 8 nitrogen and oxygen atoms in total. The zero-order chi connectivity index (χ0) is 26.5. The van der Waals surface area contributed by atoms with Crippen molar-refractivity contribution in [1.82, 2.24) is 21.3 Å². The molecule has 0 unspecified atom stereocenters. The van der Waals surface area contributed by atoms with Gasteiger partial charge in [0.2, 0.25) is 17.7 Å². The van der Waals surface area contributed by atoms with Crippen LogP contribution >= 0.6 is 0 Å². The summed E-state index contributed by atoms with van der Waals surface area (Å²) in [4.78, 5) is 50.7. The summed E-state index contributed by atoms with van der Waals surface area (Å²) in [5.74, 6) is -1.58. The molecule has 0 bridgehead atoms. The molecule has 2 aromatic rings. The maximum absolute atomic E-state index is 13.0. The van der Waals surface area contributed by atoms with Crippen molar-refractivity contribution < 1.29 is 19.2 Å². The van der Waals surface area contributed by atoms with Gasteiger partial charge in [-0.2, -0.15) is 0 Å². The summed E-state index contributed by atoms with van der Waals surface area (Å²) in [7, 11) is 0. The van der Waals surface area contributed by atoms with Crippen molar-refractivity contribution in [2.75, 3.05) is 13.1 Å². The lowest BCUT2D eigenvalue weighted by atomic mass is 9.95. The fourth-order valence-corrected chi connectivity index (χ4v) is 3.61. The second kappa shape index (κ2) is 14.8. The van der Waals surface area contributed by atoms with Gasteiger partial charge in [0.25, 0.3) is 0 Å². The Balaban J connectivity index is 2.01.